The van der Waals surface area contributed by atoms with Crippen molar-refractivity contribution in [3.05, 3.63) is 18.2 Å². The molecule has 1 fully saturated rings. The Bertz CT molecular complexity index is 718. The van der Waals surface area contributed by atoms with Gasteiger partial charge in [-0.15, -0.1) is 0 Å². The minimum Gasteiger partial charge on any atom is -0.359 e. The van der Waals surface area contributed by atoms with E-state index in [0.29, 0.717) is 6.04 Å². The summed E-state index contributed by atoms with van der Waals surface area (Å²) in [7, 11) is -3.65. The molecule has 20 heavy (non-hydrogen) atoms. The highest BCUT2D eigenvalue weighted by molar-refractivity contribution is 7.89. The van der Waals surface area contributed by atoms with Gasteiger partial charge in [0.25, 0.3) is 0 Å². The molecule has 0 amide bonds. The lowest BCUT2D eigenvalue weighted by Crippen LogP contribution is -2.21. The summed E-state index contributed by atoms with van der Waals surface area (Å²) in [5.41, 5.74) is 0.806. The van der Waals surface area contributed by atoms with Crippen LogP contribution >= 0.6 is 11.3 Å². The molecule has 1 aromatic carbocycles. The fraction of sp³-hybridized carbons (Fsp3) is 0.462. The quantitative estimate of drug-likeness (QED) is 0.912. The molecule has 0 atom stereocenters. The summed E-state index contributed by atoms with van der Waals surface area (Å²) in [5, 5.41) is 9.46. The molecule has 0 unspecified atom stereocenters. The number of hydrogen-bond donors (Lipinski definition) is 2. The lowest BCUT2D eigenvalue weighted by atomic mass is 9.96. The minimum absolute atomic E-state index is 0.137. The highest BCUT2D eigenvalue weighted by Gasteiger charge is 2.16. The van der Waals surface area contributed by atoms with Crippen LogP contribution < -0.4 is 10.5 Å². The van der Waals surface area contributed by atoms with E-state index in [0.717, 1.165) is 15.3 Å². The van der Waals surface area contributed by atoms with Gasteiger partial charge in [-0.05, 0) is 31.0 Å². The molecule has 0 saturated heterocycles. The molecular formula is C13H17N3O2S2. The van der Waals surface area contributed by atoms with Crippen LogP contribution in [0.5, 0.6) is 0 Å². The Morgan fingerprint density at radius 2 is 2.00 bits per heavy atom. The molecule has 2 aromatic rings. The molecule has 1 aromatic heterocycles. The number of sulfonamides is 1. The number of rotatable bonds is 3. The average Bonchev–Trinajstić information content (AvgIpc) is 2.80. The number of fused-ring (bicyclic) bond motifs is 1. The van der Waals surface area contributed by atoms with Gasteiger partial charge in [0.05, 0.1) is 15.1 Å². The monoisotopic (exact) mass is 311 g/mol. The second kappa shape index (κ2) is 5.31. The number of nitrogens with one attached hydrogen (secondary N) is 1. The van der Waals surface area contributed by atoms with Crippen LogP contribution in [-0.2, 0) is 10.0 Å². The lowest BCUT2D eigenvalue weighted by Gasteiger charge is -2.22. The summed E-state index contributed by atoms with van der Waals surface area (Å²) < 4.78 is 23.5. The molecular weight excluding hydrogens is 294 g/mol. The van der Waals surface area contributed by atoms with E-state index >= 15 is 0 Å². The summed E-state index contributed by atoms with van der Waals surface area (Å²) in [6, 6.07) is 5.29. The number of hydrogen-bond acceptors (Lipinski definition) is 5. The predicted molar refractivity (Wildman–Crippen MR) is 81.5 cm³/mol. The molecule has 1 saturated carbocycles. The second-order valence-corrected chi connectivity index (χ2v) is 7.76. The Morgan fingerprint density at radius 1 is 1.25 bits per heavy atom. The molecule has 108 valence electrons. The predicted octanol–water partition coefficient (Wildman–Crippen LogP) is 2.69. The summed E-state index contributed by atoms with van der Waals surface area (Å²) >= 11 is 1.48. The summed E-state index contributed by atoms with van der Waals surface area (Å²) in [4.78, 5) is 4.64. The van der Waals surface area contributed by atoms with E-state index in [1.54, 1.807) is 12.1 Å². The Kier molecular flexibility index (Phi) is 3.66. The van der Waals surface area contributed by atoms with Gasteiger partial charge in [-0.1, -0.05) is 30.6 Å². The zero-order valence-corrected chi connectivity index (χ0v) is 12.6. The number of primary sulfonamides is 1. The minimum atomic E-state index is -3.65. The normalized spacial score (nSPS) is 17.4. The Balaban J connectivity index is 1.86. The first-order valence-corrected chi connectivity index (χ1v) is 9.08. The molecule has 5 nitrogen and oxygen atoms in total. The molecule has 7 heteroatoms. The SMILES string of the molecule is NS(=O)(=O)c1ccc2nc(NC3CCCCC3)sc2c1. The lowest BCUT2D eigenvalue weighted by molar-refractivity contribution is 0.462. The van der Waals surface area contributed by atoms with Crippen molar-refractivity contribution >= 4 is 36.7 Å². The molecule has 3 rings (SSSR count). The fourth-order valence-corrected chi connectivity index (χ4v) is 4.16. The third kappa shape index (κ3) is 2.94. The first-order valence-electron chi connectivity index (χ1n) is 6.72. The molecule has 1 aliphatic rings. The van der Waals surface area contributed by atoms with Crippen LogP contribution in [0.4, 0.5) is 5.13 Å². The standard InChI is InChI=1S/C13H17N3O2S2/c14-20(17,18)10-6-7-11-12(8-10)19-13(16-11)15-9-4-2-1-3-5-9/h6-9H,1-5H2,(H,15,16)(H2,14,17,18). The maximum Gasteiger partial charge on any atom is 0.238 e. The second-order valence-electron chi connectivity index (χ2n) is 5.17. The van der Waals surface area contributed by atoms with Crippen LogP contribution in [0.25, 0.3) is 10.2 Å². The average molecular weight is 311 g/mol. The van der Waals surface area contributed by atoms with Crippen molar-refractivity contribution in [2.45, 2.75) is 43.0 Å². The topological polar surface area (TPSA) is 85.1 Å². The van der Waals surface area contributed by atoms with Gasteiger partial charge < -0.3 is 5.32 Å². The van der Waals surface area contributed by atoms with Gasteiger partial charge >= 0.3 is 0 Å². The third-order valence-electron chi connectivity index (χ3n) is 3.62. The molecule has 3 N–H and O–H groups in total. The molecule has 1 aliphatic carbocycles. The summed E-state index contributed by atoms with van der Waals surface area (Å²) in [6.07, 6.45) is 6.20. The molecule has 0 bridgehead atoms. The van der Waals surface area contributed by atoms with E-state index in [9.17, 15) is 8.42 Å². The summed E-state index contributed by atoms with van der Waals surface area (Å²) in [5.74, 6) is 0. The van der Waals surface area contributed by atoms with Crippen LogP contribution in [0, 0.1) is 0 Å². The van der Waals surface area contributed by atoms with E-state index in [2.05, 4.69) is 10.3 Å². The van der Waals surface area contributed by atoms with Crippen molar-refractivity contribution in [1.29, 1.82) is 0 Å². The van der Waals surface area contributed by atoms with Gasteiger partial charge in [0.2, 0.25) is 10.0 Å². The van der Waals surface area contributed by atoms with Crippen LogP contribution in [0.1, 0.15) is 32.1 Å². The first-order chi connectivity index (χ1) is 9.52. The first kappa shape index (κ1) is 13.8. The van der Waals surface area contributed by atoms with Crippen LogP contribution in [0.3, 0.4) is 0 Å². The zero-order valence-electron chi connectivity index (χ0n) is 11.0. The number of thiazole rings is 1. The van der Waals surface area contributed by atoms with Crippen molar-refractivity contribution in [3.63, 3.8) is 0 Å². The summed E-state index contributed by atoms with van der Waals surface area (Å²) in [6.45, 7) is 0. The molecule has 1 heterocycles. The number of aromatic nitrogens is 1. The van der Waals surface area contributed by atoms with Gasteiger partial charge in [-0.25, -0.2) is 18.5 Å². The van der Waals surface area contributed by atoms with Crippen LogP contribution in [-0.4, -0.2) is 19.4 Å². The molecule has 0 radical (unpaired) electrons. The van der Waals surface area contributed by atoms with Crippen molar-refractivity contribution in [2.24, 2.45) is 5.14 Å². The van der Waals surface area contributed by atoms with Gasteiger partial charge in [0.1, 0.15) is 0 Å². The third-order valence-corrected chi connectivity index (χ3v) is 5.48. The number of nitrogens with zero attached hydrogens (tertiary/aromatic N) is 1. The van der Waals surface area contributed by atoms with Crippen molar-refractivity contribution in [2.75, 3.05) is 5.32 Å². The number of anilines is 1. The highest BCUT2D eigenvalue weighted by Crippen LogP contribution is 2.30. The van der Waals surface area contributed by atoms with Gasteiger partial charge in [-0.3, -0.25) is 0 Å². The Morgan fingerprint density at radius 3 is 2.70 bits per heavy atom. The van der Waals surface area contributed by atoms with Gasteiger partial charge in [0.15, 0.2) is 5.13 Å². The van der Waals surface area contributed by atoms with E-state index in [1.165, 1.54) is 49.5 Å². The Labute approximate surface area is 122 Å². The van der Waals surface area contributed by atoms with E-state index in [1.807, 2.05) is 0 Å². The van der Waals surface area contributed by atoms with Crippen molar-refractivity contribution in [3.8, 4) is 0 Å². The Hall–Kier alpha value is -1.18. The molecule has 0 spiro atoms. The molecule has 0 aliphatic heterocycles. The number of benzene rings is 1. The highest BCUT2D eigenvalue weighted by atomic mass is 32.2. The van der Waals surface area contributed by atoms with E-state index < -0.39 is 10.0 Å². The van der Waals surface area contributed by atoms with E-state index in [4.69, 9.17) is 5.14 Å². The maximum atomic E-state index is 11.3. The smallest absolute Gasteiger partial charge is 0.238 e. The van der Waals surface area contributed by atoms with Crippen molar-refractivity contribution in [1.82, 2.24) is 4.98 Å². The van der Waals surface area contributed by atoms with Crippen molar-refractivity contribution < 1.29 is 8.42 Å². The van der Waals surface area contributed by atoms with E-state index in [-0.39, 0.29) is 4.90 Å². The maximum absolute atomic E-state index is 11.3. The number of nitrogens with two attached hydrogens (primary N) is 1. The fourth-order valence-electron chi connectivity index (χ4n) is 2.57. The van der Waals surface area contributed by atoms with Crippen LogP contribution in [0.2, 0.25) is 0 Å². The van der Waals surface area contributed by atoms with Gasteiger partial charge in [-0.2, -0.15) is 0 Å². The van der Waals surface area contributed by atoms with Gasteiger partial charge in [0, 0.05) is 6.04 Å². The largest absolute Gasteiger partial charge is 0.359 e. The van der Waals surface area contributed by atoms with Crippen LogP contribution in [0.15, 0.2) is 23.1 Å². The zero-order chi connectivity index (χ0) is 14.2.